The number of nitrogens with one attached hydrogen (secondary N) is 1. The number of para-hydroxylation sites is 1. The average Bonchev–Trinajstić information content (AvgIpc) is 2.86. The van der Waals surface area contributed by atoms with Crippen LogP contribution < -0.4 is 20.5 Å². The van der Waals surface area contributed by atoms with Crippen molar-refractivity contribution < 1.29 is 4.74 Å². The molecule has 1 N–H and O–H groups in total. The molecule has 2 aliphatic rings. The molecule has 2 aliphatic heterocycles. The van der Waals surface area contributed by atoms with Gasteiger partial charge >= 0.3 is 0 Å². The summed E-state index contributed by atoms with van der Waals surface area (Å²) in [5.74, 6) is 1.29. The summed E-state index contributed by atoms with van der Waals surface area (Å²) in [6.07, 6.45) is 3.25. The summed E-state index contributed by atoms with van der Waals surface area (Å²) >= 11 is 12.7. The van der Waals surface area contributed by atoms with Gasteiger partial charge in [0.05, 0.1) is 38.4 Å². The molecule has 1 atom stereocenters. The number of anilines is 3. The Bertz CT molecular complexity index is 1540. The second-order valence-electron chi connectivity index (χ2n) is 9.24. The highest BCUT2D eigenvalue weighted by Gasteiger charge is 2.31. The van der Waals surface area contributed by atoms with E-state index in [2.05, 4.69) is 38.2 Å². The van der Waals surface area contributed by atoms with Gasteiger partial charge in [-0.1, -0.05) is 29.3 Å². The molecule has 1 fully saturated rings. The number of piperazine rings is 1. The van der Waals surface area contributed by atoms with Crippen LogP contribution in [-0.2, 0) is 0 Å². The molecule has 8 nitrogen and oxygen atoms in total. The number of nitrogens with zero attached hydrogens (tertiary/aromatic N) is 5. The van der Waals surface area contributed by atoms with Crippen LogP contribution >= 0.6 is 23.2 Å². The van der Waals surface area contributed by atoms with E-state index >= 15 is 0 Å². The van der Waals surface area contributed by atoms with Gasteiger partial charge in [-0.15, -0.1) is 0 Å². The number of aromatic nitrogens is 3. The number of fused-ring (bicyclic) bond motifs is 4. The van der Waals surface area contributed by atoms with Gasteiger partial charge in [-0.05, 0) is 49.9 Å². The molecule has 1 unspecified atom stereocenters. The standard InChI is InChI=1S/C26H24Cl2N6O2/c1-15-12-34(24-19(27)4-3-5-20(24)28)25(35)18-11-29-26(31-23(15)18)30-16-6-7-22-21(10-16)33-9-8-32(2)13-17(33)14-36-22/h3-7,10-12,17H,8-9,13-14H2,1-2H3,(H,29,30,31). The Labute approximate surface area is 218 Å². The fourth-order valence-corrected chi connectivity index (χ4v) is 5.53. The molecule has 1 saturated heterocycles. The highest BCUT2D eigenvalue weighted by molar-refractivity contribution is 6.37. The Morgan fingerprint density at radius 2 is 1.94 bits per heavy atom. The van der Waals surface area contributed by atoms with Gasteiger partial charge in [0.25, 0.3) is 5.56 Å². The number of ether oxygens (including phenoxy) is 1. The summed E-state index contributed by atoms with van der Waals surface area (Å²) in [5, 5.41) is 4.46. The third-order valence-corrected chi connectivity index (χ3v) is 7.36. The van der Waals surface area contributed by atoms with Crippen LogP contribution in [0.15, 0.2) is 53.6 Å². The smallest absolute Gasteiger partial charge is 0.266 e. The van der Waals surface area contributed by atoms with Gasteiger partial charge in [0.1, 0.15) is 12.4 Å². The van der Waals surface area contributed by atoms with Crippen LogP contribution in [0.4, 0.5) is 17.3 Å². The zero-order chi connectivity index (χ0) is 25.0. The molecule has 0 saturated carbocycles. The number of benzene rings is 2. The third kappa shape index (κ3) is 3.95. The highest BCUT2D eigenvalue weighted by Crippen LogP contribution is 2.37. The molecule has 6 rings (SSSR count). The molecular weight excluding hydrogens is 499 g/mol. The van der Waals surface area contributed by atoms with E-state index < -0.39 is 0 Å². The molecule has 0 spiro atoms. The Balaban J connectivity index is 1.34. The maximum Gasteiger partial charge on any atom is 0.266 e. The topological polar surface area (TPSA) is 75.5 Å². The molecule has 36 heavy (non-hydrogen) atoms. The van der Waals surface area contributed by atoms with Crippen molar-refractivity contribution in [1.29, 1.82) is 0 Å². The highest BCUT2D eigenvalue weighted by atomic mass is 35.5. The Morgan fingerprint density at radius 1 is 1.14 bits per heavy atom. The Hall–Kier alpha value is -3.33. The van der Waals surface area contributed by atoms with Gasteiger partial charge in [-0.3, -0.25) is 9.36 Å². The summed E-state index contributed by atoms with van der Waals surface area (Å²) in [4.78, 5) is 27.1. The molecule has 2 aromatic carbocycles. The van der Waals surface area contributed by atoms with Crippen molar-refractivity contribution in [1.82, 2.24) is 19.4 Å². The lowest BCUT2D eigenvalue weighted by Gasteiger charge is -2.44. The van der Waals surface area contributed by atoms with Gasteiger partial charge in [-0.2, -0.15) is 0 Å². The van der Waals surface area contributed by atoms with Crippen LogP contribution in [0.1, 0.15) is 5.56 Å². The lowest BCUT2D eigenvalue weighted by Crippen LogP contribution is -2.56. The lowest BCUT2D eigenvalue weighted by atomic mass is 10.1. The first kappa shape index (κ1) is 23.1. The first-order valence-corrected chi connectivity index (χ1v) is 12.5. The summed E-state index contributed by atoms with van der Waals surface area (Å²) in [6.45, 7) is 5.52. The predicted octanol–water partition coefficient (Wildman–Crippen LogP) is 4.65. The predicted molar refractivity (Wildman–Crippen MR) is 144 cm³/mol. The molecule has 184 valence electrons. The number of hydrogen-bond acceptors (Lipinski definition) is 7. The quantitative estimate of drug-likeness (QED) is 0.419. The molecule has 0 aliphatic carbocycles. The molecule has 10 heteroatoms. The summed E-state index contributed by atoms with van der Waals surface area (Å²) in [5.41, 5.74) is 3.44. The minimum atomic E-state index is -0.288. The van der Waals surface area contributed by atoms with Gasteiger partial charge in [0.15, 0.2) is 0 Å². The molecular formula is C26H24Cl2N6O2. The number of pyridine rings is 1. The van der Waals surface area contributed by atoms with Crippen molar-refractivity contribution in [3.63, 3.8) is 0 Å². The molecule has 4 heterocycles. The van der Waals surface area contributed by atoms with Crippen LogP contribution in [0.25, 0.3) is 16.6 Å². The Morgan fingerprint density at radius 3 is 2.75 bits per heavy atom. The van der Waals surface area contributed by atoms with Crippen molar-refractivity contribution in [2.45, 2.75) is 13.0 Å². The minimum absolute atomic E-state index is 0.288. The normalized spacial score (nSPS) is 17.4. The maximum absolute atomic E-state index is 13.3. The van der Waals surface area contributed by atoms with E-state index in [9.17, 15) is 4.79 Å². The second kappa shape index (κ2) is 8.96. The zero-order valence-corrected chi connectivity index (χ0v) is 21.3. The fourth-order valence-electron chi connectivity index (χ4n) is 4.95. The monoisotopic (exact) mass is 522 g/mol. The van der Waals surface area contributed by atoms with Crippen LogP contribution in [0.5, 0.6) is 5.75 Å². The Kier molecular flexibility index (Phi) is 5.75. The van der Waals surface area contributed by atoms with Crippen molar-refractivity contribution >= 4 is 51.4 Å². The van der Waals surface area contributed by atoms with Crippen molar-refractivity contribution in [2.24, 2.45) is 0 Å². The first-order valence-electron chi connectivity index (χ1n) is 11.7. The van der Waals surface area contributed by atoms with E-state index in [4.69, 9.17) is 27.9 Å². The molecule has 0 radical (unpaired) electrons. The summed E-state index contributed by atoms with van der Waals surface area (Å²) in [7, 11) is 2.14. The van der Waals surface area contributed by atoms with Gasteiger partial charge in [0.2, 0.25) is 5.95 Å². The maximum atomic E-state index is 13.3. The van der Waals surface area contributed by atoms with Crippen molar-refractivity contribution in [3.8, 4) is 11.4 Å². The number of aryl methyl sites for hydroxylation is 1. The molecule has 2 aromatic heterocycles. The molecule has 0 amide bonds. The first-order chi connectivity index (χ1) is 17.4. The molecule has 0 bridgehead atoms. The minimum Gasteiger partial charge on any atom is -0.489 e. The van der Waals surface area contributed by atoms with Crippen LogP contribution in [0, 0.1) is 6.92 Å². The van der Waals surface area contributed by atoms with Gasteiger partial charge in [-0.25, -0.2) is 9.97 Å². The number of halogens is 2. The van der Waals surface area contributed by atoms with Gasteiger partial charge in [0, 0.05) is 37.7 Å². The fraction of sp³-hybridized carbons (Fsp3) is 0.269. The van der Waals surface area contributed by atoms with E-state index in [1.807, 2.05) is 19.1 Å². The van der Waals surface area contributed by atoms with E-state index in [1.165, 1.54) is 4.57 Å². The summed E-state index contributed by atoms with van der Waals surface area (Å²) in [6, 6.07) is 11.5. The van der Waals surface area contributed by atoms with Crippen LogP contribution in [0.2, 0.25) is 10.0 Å². The number of hydrogen-bond donors (Lipinski definition) is 1. The zero-order valence-electron chi connectivity index (χ0n) is 19.8. The van der Waals surface area contributed by atoms with Crippen molar-refractivity contribution in [2.75, 3.05) is 43.5 Å². The average molecular weight is 523 g/mol. The number of likely N-dealkylation sites (N-methyl/N-ethyl adjacent to an activating group) is 1. The largest absolute Gasteiger partial charge is 0.489 e. The third-order valence-electron chi connectivity index (χ3n) is 6.75. The second-order valence-corrected chi connectivity index (χ2v) is 10.1. The lowest BCUT2D eigenvalue weighted by molar-refractivity contribution is 0.188. The van der Waals surface area contributed by atoms with E-state index in [0.717, 1.165) is 42.3 Å². The van der Waals surface area contributed by atoms with E-state index in [1.54, 1.807) is 30.6 Å². The molecule has 4 aromatic rings. The van der Waals surface area contributed by atoms with E-state index in [0.29, 0.717) is 45.2 Å². The van der Waals surface area contributed by atoms with Crippen LogP contribution in [-0.4, -0.2) is 58.8 Å². The van der Waals surface area contributed by atoms with Gasteiger partial charge < -0.3 is 19.9 Å². The van der Waals surface area contributed by atoms with E-state index in [-0.39, 0.29) is 5.56 Å². The number of rotatable bonds is 3. The van der Waals surface area contributed by atoms with Crippen LogP contribution in [0.3, 0.4) is 0 Å². The van der Waals surface area contributed by atoms with Crippen molar-refractivity contribution in [3.05, 3.63) is 74.8 Å². The summed E-state index contributed by atoms with van der Waals surface area (Å²) < 4.78 is 7.47. The SMILES string of the molecule is Cc1cn(-c2c(Cl)cccc2Cl)c(=O)c2cnc(Nc3ccc4c(c3)N3CCN(C)CC3CO4)nc12.